The van der Waals surface area contributed by atoms with E-state index in [9.17, 15) is 0 Å². The van der Waals surface area contributed by atoms with Crippen LogP contribution < -0.4 is 11.1 Å². The molecule has 1 rings (SSSR count). The van der Waals surface area contributed by atoms with Crippen molar-refractivity contribution in [1.29, 1.82) is 0 Å². The van der Waals surface area contributed by atoms with E-state index in [1.807, 2.05) is 0 Å². The van der Waals surface area contributed by atoms with Crippen molar-refractivity contribution in [2.24, 2.45) is 10.7 Å². The maximum atomic E-state index is 5.51. The Bertz CT molecular complexity index is 335. The van der Waals surface area contributed by atoms with Gasteiger partial charge in [0.05, 0.1) is 10.7 Å². The summed E-state index contributed by atoms with van der Waals surface area (Å²) in [6, 6.07) is 0. The lowest BCUT2D eigenvalue weighted by Gasteiger charge is -2.02. The van der Waals surface area contributed by atoms with Gasteiger partial charge >= 0.3 is 0 Å². The highest BCUT2D eigenvalue weighted by Gasteiger charge is 2.05. The summed E-state index contributed by atoms with van der Waals surface area (Å²) in [6.07, 6.45) is 0.888. The van der Waals surface area contributed by atoms with Crippen LogP contribution in [0.15, 0.2) is 10.4 Å². The summed E-state index contributed by atoms with van der Waals surface area (Å²) < 4.78 is 0. The van der Waals surface area contributed by atoms with Crippen LogP contribution >= 0.6 is 35.3 Å². The van der Waals surface area contributed by atoms with Crippen LogP contribution in [-0.4, -0.2) is 24.5 Å². The molecule has 1 aromatic rings. The van der Waals surface area contributed by atoms with Gasteiger partial charge in [-0.25, -0.2) is 4.98 Å². The van der Waals surface area contributed by atoms with Gasteiger partial charge in [-0.15, -0.1) is 35.3 Å². The first-order valence-electron chi connectivity index (χ1n) is 5.04. The largest absolute Gasteiger partial charge is 0.370 e. The molecule has 0 saturated carbocycles. The predicted octanol–water partition coefficient (Wildman–Crippen LogP) is 1.96. The number of aliphatic imine (C=N–C) groups is 1. The fraction of sp³-hybridized carbons (Fsp3) is 0.600. The minimum Gasteiger partial charge on any atom is -0.370 e. The molecule has 0 bridgehead atoms. The average Bonchev–Trinajstić information content (AvgIpc) is 2.66. The van der Waals surface area contributed by atoms with Crippen LogP contribution in [0.1, 0.15) is 30.5 Å². The second kappa shape index (κ2) is 7.83. The molecule has 0 fully saturated rings. The molecule has 3 N–H and O–H groups in total. The maximum absolute atomic E-state index is 5.51. The number of thiazole rings is 1. The van der Waals surface area contributed by atoms with Gasteiger partial charge in [-0.1, -0.05) is 13.8 Å². The molecule has 0 spiro atoms. The maximum Gasteiger partial charge on any atom is 0.188 e. The molecule has 0 aliphatic carbocycles. The molecule has 0 unspecified atom stereocenters. The topological polar surface area (TPSA) is 63.3 Å². The molecule has 6 heteroatoms. The lowest BCUT2D eigenvalue weighted by Crippen LogP contribution is -2.32. The first-order valence-corrected chi connectivity index (χ1v) is 5.92. The Balaban J connectivity index is 0.00000225. The fourth-order valence-corrected chi connectivity index (χ4v) is 1.97. The van der Waals surface area contributed by atoms with E-state index in [1.165, 1.54) is 5.01 Å². The molecule has 0 radical (unpaired) electrons. The third-order valence-corrected chi connectivity index (χ3v) is 3.19. The van der Waals surface area contributed by atoms with E-state index in [1.54, 1.807) is 18.4 Å². The highest BCUT2D eigenvalue weighted by atomic mass is 127. The fourth-order valence-electron chi connectivity index (χ4n) is 1.10. The van der Waals surface area contributed by atoms with Gasteiger partial charge in [0.25, 0.3) is 0 Å². The van der Waals surface area contributed by atoms with E-state index in [2.05, 4.69) is 34.5 Å². The SMILES string of the molecule is CN=C(N)NCCc1csc(C(C)C)n1.I. The van der Waals surface area contributed by atoms with E-state index in [-0.39, 0.29) is 24.0 Å². The molecule has 0 amide bonds. The monoisotopic (exact) mass is 354 g/mol. The smallest absolute Gasteiger partial charge is 0.188 e. The van der Waals surface area contributed by atoms with Gasteiger partial charge in [0.1, 0.15) is 0 Å². The van der Waals surface area contributed by atoms with E-state index in [0.717, 1.165) is 18.7 Å². The van der Waals surface area contributed by atoms with Crippen molar-refractivity contribution in [3.63, 3.8) is 0 Å². The molecule has 0 saturated heterocycles. The van der Waals surface area contributed by atoms with Crippen molar-refractivity contribution in [2.75, 3.05) is 13.6 Å². The Labute approximate surface area is 118 Å². The number of guanidine groups is 1. The summed E-state index contributed by atoms with van der Waals surface area (Å²) in [5.41, 5.74) is 6.64. The predicted molar refractivity (Wildman–Crippen MR) is 80.9 cm³/mol. The third kappa shape index (κ3) is 5.11. The Morgan fingerprint density at radius 3 is 2.81 bits per heavy atom. The van der Waals surface area contributed by atoms with Gasteiger partial charge < -0.3 is 11.1 Å². The number of hydrogen-bond acceptors (Lipinski definition) is 3. The van der Waals surface area contributed by atoms with E-state index >= 15 is 0 Å². The van der Waals surface area contributed by atoms with Gasteiger partial charge in [0.15, 0.2) is 5.96 Å². The lowest BCUT2D eigenvalue weighted by molar-refractivity contribution is 0.807. The van der Waals surface area contributed by atoms with Gasteiger partial charge in [-0.05, 0) is 0 Å². The van der Waals surface area contributed by atoms with Crippen LogP contribution in [-0.2, 0) is 6.42 Å². The summed E-state index contributed by atoms with van der Waals surface area (Å²) in [6.45, 7) is 5.09. The molecule has 4 nitrogen and oxygen atoms in total. The number of halogens is 1. The lowest BCUT2D eigenvalue weighted by atomic mass is 10.2. The van der Waals surface area contributed by atoms with Crippen molar-refractivity contribution in [2.45, 2.75) is 26.2 Å². The summed E-state index contributed by atoms with van der Waals surface area (Å²) in [5.74, 6) is 0.994. The number of aromatic nitrogens is 1. The molecular weight excluding hydrogens is 335 g/mol. The zero-order valence-electron chi connectivity index (χ0n) is 9.86. The van der Waals surface area contributed by atoms with Gasteiger partial charge in [0.2, 0.25) is 0 Å². The first-order chi connectivity index (χ1) is 7.13. The Hall–Kier alpha value is -0.370. The second-order valence-corrected chi connectivity index (χ2v) is 4.51. The molecule has 16 heavy (non-hydrogen) atoms. The van der Waals surface area contributed by atoms with Crippen molar-refractivity contribution < 1.29 is 0 Å². The summed E-state index contributed by atoms with van der Waals surface area (Å²) in [5, 5.41) is 6.32. The minimum atomic E-state index is 0. The Morgan fingerprint density at radius 1 is 1.62 bits per heavy atom. The second-order valence-electron chi connectivity index (χ2n) is 3.62. The normalized spacial score (nSPS) is 11.4. The molecule has 0 atom stereocenters. The van der Waals surface area contributed by atoms with Crippen LogP contribution in [0.2, 0.25) is 0 Å². The number of nitrogens with two attached hydrogens (primary N) is 1. The summed E-state index contributed by atoms with van der Waals surface area (Å²) in [4.78, 5) is 8.35. The number of nitrogens with zero attached hydrogens (tertiary/aromatic N) is 2. The Kier molecular flexibility index (Phi) is 7.65. The molecule has 0 aliphatic heterocycles. The zero-order chi connectivity index (χ0) is 11.3. The molecule has 0 aliphatic rings. The van der Waals surface area contributed by atoms with Crippen molar-refractivity contribution >= 4 is 41.3 Å². The van der Waals surface area contributed by atoms with E-state index < -0.39 is 0 Å². The van der Waals surface area contributed by atoms with Gasteiger partial charge in [-0.3, -0.25) is 4.99 Å². The standard InChI is InChI=1S/C10H18N4S.HI/c1-7(2)9-14-8(6-15-9)4-5-13-10(11)12-3;/h6-7H,4-5H2,1-3H3,(H3,11,12,13);1H. The molecule has 92 valence electrons. The molecule has 1 heterocycles. The molecule has 1 aromatic heterocycles. The summed E-state index contributed by atoms with van der Waals surface area (Å²) in [7, 11) is 1.67. The van der Waals surface area contributed by atoms with E-state index in [4.69, 9.17) is 5.73 Å². The highest BCUT2D eigenvalue weighted by molar-refractivity contribution is 14.0. The number of rotatable bonds is 4. The number of hydrogen-bond donors (Lipinski definition) is 2. The average molecular weight is 354 g/mol. The van der Waals surface area contributed by atoms with Crippen LogP contribution in [0.4, 0.5) is 0 Å². The minimum absolute atomic E-state index is 0. The van der Waals surface area contributed by atoms with E-state index in [0.29, 0.717) is 11.9 Å². The van der Waals surface area contributed by atoms with Crippen LogP contribution in [0.3, 0.4) is 0 Å². The summed E-state index contributed by atoms with van der Waals surface area (Å²) >= 11 is 1.72. The molecular formula is C10H19IN4S. The van der Waals surface area contributed by atoms with Gasteiger partial charge in [0, 0.05) is 31.3 Å². The van der Waals surface area contributed by atoms with Crippen LogP contribution in [0.25, 0.3) is 0 Å². The van der Waals surface area contributed by atoms with Crippen molar-refractivity contribution in [3.05, 3.63) is 16.1 Å². The number of nitrogens with one attached hydrogen (secondary N) is 1. The first kappa shape index (κ1) is 15.6. The van der Waals surface area contributed by atoms with Crippen LogP contribution in [0, 0.1) is 0 Å². The van der Waals surface area contributed by atoms with Gasteiger partial charge in [-0.2, -0.15) is 0 Å². The quantitative estimate of drug-likeness (QED) is 0.494. The van der Waals surface area contributed by atoms with Crippen molar-refractivity contribution in [1.82, 2.24) is 10.3 Å². The van der Waals surface area contributed by atoms with Crippen molar-refractivity contribution in [3.8, 4) is 0 Å². The molecule has 0 aromatic carbocycles. The zero-order valence-corrected chi connectivity index (χ0v) is 13.0. The third-order valence-electron chi connectivity index (χ3n) is 1.99. The van der Waals surface area contributed by atoms with Crippen LogP contribution in [0.5, 0.6) is 0 Å². The Morgan fingerprint density at radius 2 is 2.31 bits per heavy atom. The highest BCUT2D eigenvalue weighted by Crippen LogP contribution is 2.18.